The van der Waals surface area contributed by atoms with Gasteiger partial charge in [0.2, 0.25) is 7.28 Å². The number of allylic oxidation sites excluding steroid dienone is 1. The molecule has 0 unspecified atom stereocenters. The van der Waals surface area contributed by atoms with Crippen LogP contribution in [0.15, 0.2) is 48.1 Å². The van der Waals surface area contributed by atoms with Crippen molar-refractivity contribution in [1.82, 2.24) is 14.8 Å². The quantitative estimate of drug-likeness (QED) is 0.528. The van der Waals surface area contributed by atoms with Gasteiger partial charge in [-0.2, -0.15) is 5.10 Å². The van der Waals surface area contributed by atoms with E-state index in [-0.39, 0.29) is 5.78 Å². The van der Waals surface area contributed by atoms with E-state index in [2.05, 4.69) is 49.1 Å². The molecule has 0 saturated carbocycles. The molecule has 168 valence electrons. The molecule has 0 radical (unpaired) electrons. The third-order valence-corrected chi connectivity index (χ3v) is 6.40. The fourth-order valence-electron chi connectivity index (χ4n) is 4.56. The summed E-state index contributed by atoms with van der Waals surface area (Å²) in [7, 11) is 0.658. The van der Waals surface area contributed by atoms with Crippen molar-refractivity contribution in [2.75, 3.05) is 31.2 Å². The highest BCUT2D eigenvalue weighted by molar-refractivity contribution is 6.72. The van der Waals surface area contributed by atoms with Crippen LogP contribution in [0.2, 0.25) is 0 Å². The number of carbonyl (C=O) groups is 1. The summed E-state index contributed by atoms with van der Waals surface area (Å²) in [5.41, 5.74) is 7.26. The molecule has 1 saturated heterocycles. The molecular formula is C26H29BN4O2. The molecule has 2 aromatic heterocycles. The van der Waals surface area contributed by atoms with Crippen molar-refractivity contribution in [3.05, 3.63) is 59.3 Å². The number of ether oxygens (including phenoxy) is 1. The van der Waals surface area contributed by atoms with Crippen LogP contribution in [0.1, 0.15) is 37.4 Å². The van der Waals surface area contributed by atoms with Crippen LogP contribution in [-0.4, -0.2) is 54.1 Å². The van der Waals surface area contributed by atoms with Crippen LogP contribution in [-0.2, 0) is 9.53 Å². The van der Waals surface area contributed by atoms with Crippen LogP contribution in [0, 0.1) is 6.92 Å². The second kappa shape index (κ2) is 9.36. The van der Waals surface area contributed by atoms with Crippen molar-refractivity contribution in [1.29, 1.82) is 0 Å². The first kappa shape index (κ1) is 21.6. The SMILES string of the molecule is CCCCC(=O)C1=Cc2nc(-n3ccc(-c4cccc(C)c4)n3)cc(N3CCOCC3)c2B1. The number of carbonyl (C=O) groups excluding carboxylic acids is 1. The zero-order valence-corrected chi connectivity index (χ0v) is 19.4. The Bertz CT molecular complexity index is 1210. The topological polar surface area (TPSA) is 60.2 Å². The van der Waals surface area contributed by atoms with Crippen LogP contribution in [0.3, 0.4) is 0 Å². The summed E-state index contributed by atoms with van der Waals surface area (Å²) in [6, 6.07) is 12.5. The lowest BCUT2D eigenvalue weighted by Gasteiger charge is -2.31. The monoisotopic (exact) mass is 440 g/mol. The number of aryl methyl sites for hydroxylation is 1. The van der Waals surface area contributed by atoms with Gasteiger partial charge in [-0.05, 0) is 42.5 Å². The molecule has 6 nitrogen and oxygen atoms in total. The smallest absolute Gasteiger partial charge is 0.202 e. The van der Waals surface area contributed by atoms with E-state index >= 15 is 0 Å². The molecule has 0 amide bonds. The Morgan fingerprint density at radius 2 is 2.03 bits per heavy atom. The summed E-state index contributed by atoms with van der Waals surface area (Å²) in [6.45, 7) is 7.29. The Kier molecular flexibility index (Phi) is 6.14. The largest absolute Gasteiger partial charge is 0.378 e. The number of fused-ring (bicyclic) bond motifs is 1. The first-order valence-corrected chi connectivity index (χ1v) is 11.9. The van der Waals surface area contributed by atoms with E-state index in [0.717, 1.165) is 65.3 Å². The number of nitrogens with zero attached hydrogens (tertiary/aromatic N) is 4. The van der Waals surface area contributed by atoms with Crippen LogP contribution < -0.4 is 10.4 Å². The molecule has 33 heavy (non-hydrogen) atoms. The molecule has 1 fully saturated rings. The third-order valence-electron chi connectivity index (χ3n) is 6.40. The van der Waals surface area contributed by atoms with Crippen LogP contribution in [0.25, 0.3) is 23.2 Å². The summed E-state index contributed by atoms with van der Waals surface area (Å²) in [4.78, 5) is 20.0. The number of unbranched alkanes of at least 4 members (excludes halogenated alkanes) is 1. The number of hydrogen-bond donors (Lipinski definition) is 0. The van der Waals surface area contributed by atoms with Gasteiger partial charge in [0.25, 0.3) is 0 Å². The number of anilines is 1. The Balaban J connectivity index is 1.52. The minimum absolute atomic E-state index is 0.241. The third kappa shape index (κ3) is 4.51. The molecule has 7 heteroatoms. The van der Waals surface area contributed by atoms with Crippen molar-refractivity contribution in [3.63, 3.8) is 0 Å². The molecule has 0 N–H and O–H groups in total. The maximum atomic E-state index is 12.8. The van der Waals surface area contributed by atoms with E-state index < -0.39 is 0 Å². The van der Waals surface area contributed by atoms with Crippen molar-refractivity contribution in [2.24, 2.45) is 0 Å². The van der Waals surface area contributed by atoms with E-state index in [9.17, 15) is 4.79 Å². The highest BCUT2D eigenvalue weighted by Gasteiger charge is 2.27. The van der Waals surface area contributed by atoms with E-state index in [4.69, 9.17) is 14.8 Å². The molecule has 5 rings (SSSR count). The minimum Gasteiger partial charge on any atom is -0.378 e. The second-order valence-electron chi connectivity index (χ2n) is 8.85. The maximum absolute atomic E-state index is 12.8. The average Bonchev–Trinajstić information content (AvgIpc) is 3.50. The van der Waals surface area contributed by atoms with Crippen molar-refractivity contribution in [3.8, 4) is 17.1 Å². The van der Waals surface area contributed by atoms with E-state index in [0.29, 0.717) is 26.9 Å². The highest BCUT2D eigenvalue weighted by Crippen LogP contribution is 2.25. The van der Waals surface area contributed by atoms with Gasteiger partial charge in [0.1, 0.15) is 5.78 Å². The fourth-order valence-corrected chi connectivity index (χ4v) is 4.56. The predicted molar refractivity (Wildman–Crippen MR) is 134 cm³/mol. The second-order valence-corrected chi connectivity index (χ2v) is 8.85. The van der Waals surface area contributed by atoms with E-state index in [1.165, 1.54) is 5.56 Å². The first-order chi connectivity index (χ1) is 16.1. The van der Waals surface area contributed by atoms with Gasteiger partial charge in [0.05, 0.1) is 24.6 Å². The summed E-state index contributed by atoms with van der Waals surface area (Å²) in [6.07, 6.45) is 6.51. The van der Waals surface area contributed by atoms with Crippen molar-refractivity contribution < 1.29 is 9.53 Å². The summed E-state index contributed by atoms with van der Waals surface area (Å²) in [5.74, 6) is 1.01. The molecule has 3 aromatic rings. The van der Waals surface area contributed by atoms with Gasteiger partial charge in [0.15, 0.2) is 5.82 Å². The summed E-state index contributed by atoms with van der Waals surface area (Å²) >= 11 is 0. The molecule has 0 spiro atoms. The zero-order chi connectivity index (χ0) is 22.8. The molecule has 2 aliphatic rings. The van der Waals surface area contributed by atoms with Gasteiger partial charge < -0.3 is 9.64 Å². The Hall–Kier alpha value is -3.19. The van der Waals surface area contributed by atoms with Crippen LogP contribution in [0.4, 0.5) is 5.69 Å². The molecule has 0 aliphatic carbocycles. The number of benzene rings is 1. The lowest BCUT2D eigenvalue weighted by Crippen LogP contribution is -2.40. The van der Waals surface area contributed by atoms with E-state index in [1.807, 2.05) is 23.0 Å². The molecular weight excluding hydrogens is 411 g/mol. The summed E-state index contributed by atoms with van der Waals surface area (Å²) in [5, 5.41) is 4.82. The van der Waals surface area contributed by atoms with Crippen LogP contribution in [0.5, 0.6) is 0 Å². The molecule has 4 heterocycles. The van der Waals surface area contributed by atoms with Gasteiger partial charge in [0, 0.05) is 43.0 Å². The standard InChI is InChI=1S/C26H29BN4O2/c1-3-4-8-24(32)20-16-22-26(27-20)23(30-11-13-33-14-12-30)17-25(28-22)31-10-9-21(29-31)19-7-5-6-18(2)15-19/h5-7,9-10,15-17,27H,3-4,8,11-14H2,1-2H3. The van der Waals surface area contributed by atoms with Crippen molar-refractivity contribution >= 4 is 30.3 Å². The predicted octanol–water partition coefficient (Wildman–Crippen LogP) is 3.25. The average molecular weight is 440 g/mol. The lowest BCUT2D eigenvalue weighted by atomic mass is 9.64. The Morgan fingerprint density at radius 3 is 2.82 bits per heavy atom. The van der Waals surface area contributed by atoms with E-state index in [1.54, 1.807) is 0 Å². The molecule has 2 aliphatic heterocycles. The minimum atomic E-state index is 0.241. The number of hydrogen-bond acceptors (Lipinski definition) is 5. The molecule has 0 bridgehead atoms. The van der Waals surface area contributed by atoms with Gasteiger partial charge in [-0.25, -0.2) is 9.67 Å². The number of pyridine rings is 1. The number of aromatic nitrogens is 3. The highest BCUT2D eigenvalue weighted by atomic mass is 16.5. The van der Waals surface area contributed by atoms with Gasteiger partial charge >= 0.3 is 0 Å². The fraction of sp³-hybridized carbons (Fsp3) is 0.346. The van der Waals surface area contributed by atoms with Crippen LogP contribution >= 0.6 is 0 Å². The number of rotatable bonds is 7. The first-order valence-electron chi connectivity index (χ1n) is 11.9. The molecule has 0 atom stereocenters. The lowest BCUT2D eigenvalue weighted by molar-refractivity contribution is -0.115. The Morgan fingerprint density at radius 1 is 1.18 bits per heavy atom. The van der Waals surface area contributed by atoms with Gasteiger partial charge in [-0.1, -0.05) is 37.1 Å². The summed E-state index contributed by atoms with van der Waals surface area (Å²) < 4.78 is 7.42. The normalized spacial score (nSPS) is 15.2. The van der Waals surface area contributed by atoms with Crippen molar-refractivity contribution in [2.45, 2.75) is 33.1 Å². The number of morpholine rings is 1. The van der Waals surface area contributed by atoms with Gasteiger partial charge in [-0.15, -0.1) is 0 Å². The maximum Gasteiger partial charge on any atom is 0.202 e. The van der Waals surface area contributed by atoms with Gasteiger partial charge in [-0.3, -0.25) is 4.79 Å². The number of ketones is 1. The molecule has 1 aromatic carbocycles. The Labute approximate surface area is 195 Å². The zero-order valence-electron chi connectivity index (χ0n) is 19.4. The number of Topliss-reactive ketones (excluding diaryl/α,β-unsaturated/α-hetero) is 1.